The van der Waals surface area contributed by atoms with Crippen LogP contribution in [0.15, 0.2) is 16.9 Å². The molecule has 0 saturated carbocycles. The second kappa shape index (κ2) is 9.21. The maximum absolute atomic E-state index is 15.1. The number of carbonyl (C=O) groups is 2. The quantitative estimate of drug-likeness (QED) is 0.350. The lowest BCUT2D eigenvalue weighted by Gasteiger charge is -2.31. The molecule has 9 heteroatoms. The van der Waals surface area contributed by atoms with Gasteiger partial charge in [-0.15, -0.1) is 0 Å². The van der Waals surface area contributed by atoms with E-state index < -0.39 is 11.6 Å². The van der Waals surface area contributed by atoms with E-state index in [0.717, 1.165) is 22.1 Å². The molecule has 0 bridgehead atoms. The summed E-state index contributed by atoms with van der Waals surface area (Å²) in [6.07, 6.45) is 1.61. The Bertz CT molecular complexity index is 1720. The van der Waals surface area contributed by atoms with E-state index in [0.29, 0.717) is 41.7 Å². The van der Waals surface area contributed by atoms with E-state index in [9.17, 15) is 19.5 Å². The first kappa shape index (κ1) is 27.6. The van der Waals surface area contributed by atoms with Gasteiger partial charge in [0, 0.05) is 29.0 Å². The van der Waals surface area contributed by atoms with Crippen LogP contribution in [0.3, 0.4) is 0 Å². The van der Waals surface area contributed by atoms with Gasteiger partial charge in [0.15, 0.2) is 5.60 Å². The number of benzene rings is 1. The molecule has 4 heterocycles. The molecule has 1 amide bonds. The second-order valence-electron chi connectivity index (χ2n) is 12.9. The van der Waals surface area contributed by atoms with Crippen LogP contribution < -0.4 is 10.9 Å². The molecule has 41 heavy (non-hydrogen) atoms. The number of rotatable bonds is 4. The number of hydrogen-bond donors (Lipinski definition) is 2. The highest BCUT2D eigenvalue weighted by molar-refractivity contribution is 5.94. The topological polar surface area (TPSA) is 111 Å². The van der Waals surface area contributed by atoms with Crippen molar-refractivity contribution < 1.29 is 23.8 Å². The summed E-state index contributed by atoms with van der Waals surface area (Å²) < 4.78 is 21.9. The van der Waals surface area contributed by atoms with Gasteiger partial charge in [-0.3, -0.25) is 9.59 Å². The van der Waals surface area contributed by atoms with E-state index in [2.05, 4.69) is 33.0 Å². The molecule has 0 radical (unpaired) electrons. The minimum absolute atomic E-state index is 0.0240. The molecule has 8 nitrogen and oxygen atoms in total. The van der Waals surface area contributed by atoms with Crippen LogP contribution in [0.1, 0.15) is 93.3 Å². The van der Waals surface area contributed by atoms with Gasteiger partial charge in [0.1, 0.15) is 12.4 Å². The molecule has 3 atom stereocenters. The van der Waals surface area contributed by atoms with Crippen LogP contribution in [0, 0.1) is 24.1 Å². The smallest absolute Gasteiger partial charge is 0.343 e. The number of aromatic nitrogens is 2. The summed E-state index contributed by atoms with van der Waals surface area (Å²) in [5, 5.41) is 15.3. The Morgan fingerprint density at radius 3 is 2.68 bits per heavy atom. The summed E-state index contributed by atoms with van der Waals surface area (Å²) in [6, 6.07) is 2.75. The zero-order valence-electron chi connectivity index (χ0n) is 24.4. The van der Waals surface area contributed by atoms with Gasteiger partial charge in [0.2, 0.25) is 5.91 Å². The summed E-state index contributed by atoms with van der Waals surface area (Å²) in [6.45, 7) is 11.8. The standard InChI is InChI=1S/C32H36FN3O5/c1-7-32(40)20-11-24-28-18(13-36(24)29(38)19(20)14-41-30(32)39)27-22(34-25(37)10-15(2)31(4,5)6)9-8-17-16(3)21(33)12-23(35-28)26(17)27/h11-12,15,22,40H,7-10,13-14H2,1-6H3,(H,34,37)/t15?,22-,32-/m0/s1. The lowest BCUT2D eigenvalue weighted by Crippen LogP contribution is -2.44. The molecule has 1 aliphatic carbocycles. The fourth-order valence-corrected chi connectivity index (χ4v) is 6.54. The second-order valence-corrected chi connectivity index (χ2v) is 12.9. The zero-order chi connectivity index (χ0) is 29.6. The van der Waals surface area contributed by atoms with Crippen molar-refractivity contribution in [1.29, 1.82) is 0 Å². The number of esters is 1. The van der Waals surface area contributed by atoms with Crippen LogP contribution in [0.25, 0.3) is 22.3 Å². The first-order valence-corrected chi connectivity index (χ1v) is 14.4. The van der Waals surface area contributed by atoms with Crippen LogP contribution in [-0.4, -0.2) is 26.5 Å². The highest BCUT2D eigenvalue weighted by Crippen LogP contribution is 2.46. The Hall–Kier alpha value is -3.59. The number of halogens is 1. The van der Waals surface area contributed by atoms with E-state index in [1.165, 1.54) is 6.07 Å². The maximum Gasteiger partial charge on any atom is 0.343 e. The third-order valence-electron chi connectivity index (χ3n) is 9.68. The summed E-state index contributed by atoms with van der Waals surface area (Å²) >= 11 is 0. The first-order chi connectivity index (χ1) is 19.3. The van der Waals surface area contributed by atoms with Gasteiger partial charge in [-0.2, -0.15) is 0 Å². The van der Waals surface area contributed by atoms with Crippen LogP contribution in [-0.2, 0) is 39.5 Å². The Kier molecular flexibility index (Phi) is 6.19. The predicted octanol–water partition coefficient (Wildman–Crippen LogP) is 4.70. The lowest BCUT2D eigenvalue weighted by molar-refractivity contribution is -0.172. The number of cyclic esters (lactones) is 1. The molecule has 0 saturated heterocycles. The molecule has 6 rings (SSSR count). The summed E-state index contributed by atoms with van der Waals surface area (Å²) in [5.74, 6) is -1.03. The summed E-state index contributed by atoms with van der Waals surface area (Å²) in [7, 11) is 0. The monoisotopic (exact) mass is 561 g/mol. The Balaban J connectivity index is 1.54. The molecule has 2 aliphatic heterocycles. The molecule has 1 unspecified atom stereocenters. The van der Waals surface area contributed by atoms with E-state index in [-0.39, 0.29) is 65.4 Å². The first-order valence-electron chi connectivity index (χ1n) is 14.4. The highest BCUT2D eigenvalue weighted by atomic mass is 19.1. The molecule has 2 N–H and O–H groups in total. The van der Waals surface area contributed by atoms with E-state index in [1.54, 1.807) is 24.5 Å². The number of aryl methyl sites for hydroxylation is 1. The summed E-state index contributed by atoms with van der Waals surface area (Å²) in [4.78, 5) is 44.5. The normalized spacial score (nSPS) is 21.7. The van der Waals surface area contributed by atoms with Gasteiger partial charge in [0.25, 0.3) is 5.56 Å². The maximum atomic E-state index is 15.1. The Labute approximate surface area is 237 Å². The minimum atomic E-state index is -1.94. The number of amides is 1. The molecule has 2 aromatic heterocycles. The van der Waals surface area contributed by atoms with Gasteiger partial charge in [-0.25, -0.2) is 14.2 Å². The predicted molar refractivity (Wildman–Crippen MR) is 152 cm³/mol. The Morgan fingerprint density at radius 2 is 2.00 bits per heavy atom. The molecule has 0 fully saturated rings. The molecule has 3 aliphatic rings. The van der Waals surface area contributed by atoms with Crippen molar-refractivity contribution in [3.63, 3.8) is 0 Å². The van der Waals surface area contributed by atoms with Crippen LogP contribution >= 0.6 is 0 Å². The fourth-order valence-electron chi connectivity index (χ4n) is 6.54. The van der Waals surface area contributed by atoms with E-state index >= 15 is 4.39 Å². The fraction of sp³-hybridized carbons (Fsp3) is 0.500. The van der Waals surface area contributed by atoms with Gasteiger partial charge >= 0.3 is 5.97 Å². The largest absolute Gasteiger partial charge is 0.458 e. The molecular formula is C32H36FN3O5. The van der Waals surface area contributed by atoms with Crippen molar-refractivity contribution in [3.05, 3.63) is 61.7 Å². The minimum Gasteiger partial charge on any atom is -0.458 e. The van der Waals surface area contributed by atoms with Crippen molar-refractivity contribution in [2.45, 2.75) is 92.0 Å². The van der Waals surface area contributed by atoms with Gasteiger partial charge in [-0.1, -0.05) is 34.6 Å². The van der Waals surface area contributed by atoms with Crippen molar-refractivity contribution >= 4 is 22.8 Å². The third kappa shape index (κ3) is 4.03. The van der Waals surface area contributed by atoms with Crippen molar-refractivity contribution in [3.8, 4) is 11.4 Å². The average Bonchev–Trinajstić information content (AvgIpc) is 3.28. The third-order valence-corrected chi connectivity index (χ3v) is 9.68. The Morgan fingerprint density at radius 1 is 1.27 bits per heavy atom. The molecule has 3 aromatic rings. The summed E-state index contributed by atoms with van der Waals surface area (Å²) in [5.41, 5.74) is 2.68. The molecule has 216 valence electrons. The van der Waals surface area contributed by atoms with Crippen LogP contribution in [0.2, 0.25) is 0 Å². The molecule has 1 aromatic carbocycles. The van der Waals surface area contributed by atoms with Crippen molar-refractivity contribution in [2.24, 2.45) is 11.3 Å². The van der Waals surface area contributed by atoms with E-state index in [4.69, 9.17) is 9.72 Å². The number of ether oxygens (including phenoxy) is 1. The zero-order valence-corrected chi connectivity index (χ0v) is 24.4. The van der Waals surface area contributed by atoms with Crippen molar-refractivity contribution in [1.82, 2.24) is 14.9 Å². The van der Waals surface area contributed by atoms with Crippen LogP contribution in [0.5, 0.6) is 0 Å². The highest BCUT2D eigenvalue weighted by Gasteiger charge is 2.46. The SMILES string of the molecule is CC[C@@]1(O)C(=O)OCc2c1cc1n(c2=O)Cc2c-1nc1cc(F)c(C)c3c1c2[C@@H](NC(=O)CC(C)C(C)(C)C)CC3. The average molecular weight is 562 g/mol. The number of nitrogens with zero attached hydrogens (tertiary/aromatic N) is 2. The lowest BCUT2D eigenvalue weighted by atomic mass is 9.79. The van der Waals surface area contributed by atoms with E-state index in [1.807, 2.05) is 0 Å². The number of aliphatic hydroxyl groups is 1. The van der Waals surface area contributed by atoms with Gasteiger partial charge in [0.05, 0.1) is 35.1 Å². The number of carbonyl (C=O) groups excluding carboxylic acids is 2. The number of fused-ring (bicyclic) bond motifs is 5. The van der Waals surface area contributed by atoms with Gasteiger partial charge in [-0.05, 0) is 60.3 Å². The van der Waals surface area contributed by atoms with Crippen LogP contribution in [0.4, 0.5) is 4.39 Å². The molecule has 0 spiro atoms. The van der Waals surface area contributed by atoms with Gasteiger partial charge < -0.3 is 19.7 Å². The number of nitrogens with one attached hydrogen (secondary N) is 1. The number of pyridine rings is 2. The molecular weight excluding hydrogens is 525 g/mol. The van der Waals surface area contributed by atoms with Crippen molar-refractivity contribution in [2.75, 3.05) is 0 Å². The number of hydrogen-bond acceptors (Lipinski definition) is 6.